The lowest BCUT2D eigenvalue weighted by atomic mass is 9.88. The average molecular weight is 578 g/mol. The Morgan fingerprint density at radius 3 is 2.26 bits per heavy atom. The molecule has 1 saturated carbocycles. The summed E-state index contributed by atoms with van der Waals surface area (Å²) in [7, 11) is 7.78. The molecular weight excluding hydrogens is 530 g/mol. The largest absolute Gasteiger partial charge is 0.491 e. The molecule has 1 aliphatic rings. The number of carbonyl (C=O) groups is 1. The van der Waals surface area contributed by atoms with E-state index in [0.717, 1.165) is 66.0 Å². The summed E-state index contributed by atoms with van der Waals surface area (Å²) in [5.41, 5.74) is 5.83. The van der Waals surface area contributed by atoms with Crippen molar-refractivity contribution in [2.75, 3.05) is 45.9 Å². The Morgan fingerprint density at radius 2 is 1.69 bits per heavy atom. The van der Waals surface area contributed by atoms with Crippen molar-refractivity contribution in [3.8, 4) is 16.9 Å². The Kier molecular flexibility index (Phi) is 10.5. The van der Waals surface area contributed by atoms with Gasteiger partial charge in [-0.25, -0.2) is 0 Å². The number of aromatic amines is 1. The van der Waals surface area contributed by atoms with Crippen molar-refractivity contribution in [2.45, 2.75) is 65.1 Å². The molecule has 9 nitrogen and oxygen atoms in total. The molecule has 0 atom stereocenters. The predicted octanol–water partition coefficient (Wildman–Crippen LogP) is 4.65. The maximum absolute atomic E-state index is 13.7. The van der Waals surface area contributed by atoms with Gasteiger partial charge in [0.1, 0.15) is 12.4 Å². The number of aryl methyl sites for hydroxylation is 1. The third-order valence-corrected chi connectivity index (χ3v) is 8.77. The molecule has 0 radical (unpaired) electrons. The van der Waals surface area contributed by atoms with E-state index in [0.29, 0.717) is 36.4 Å². The lowest BCUT2D eigenvalue weighted by Gasteiger charge is -2.40. The second-order valence-electron chi connectivity index (χ2n) is 11.5. The molecule has 1 fully saturated rings. The number of hydrogen-bond acceptors (Lipinski definition) is 6. The van der Waals surface area contributed by atoms with Crippen molar-refractivity contribution >= 4 is 11.6 Å². The maximum Gasteiger partial charge on any atom is 0.269 e. The summed E-state index contributed by atoms with van der Waals surface area (Å²) in [6.07, 6.45) is 4.56. The topological polar surface area (TPSA) is 91.8 Å². The number of aromatic nitrogens is 2. The Balaban J connectivity index is 1.68. The van der Waals surface area contributed by atoms with Gasteiger partial charge >= 0.3 is 0 Å². The van der Waals surface area contributed by atoms with Crippen LogP contribution in [0.25, 0.3) is 11.1 Å². The molecule has 9 heteroatoms. The molecule has 2 N–H and O–H groups in total. The first-order valence-corrected chi connectivity index (χ1v) is 15.0. The van der Waals surface area contributed by atoms with Crippen LogP contribution < -0.4 is 20.5 Å². The number of carbonyl (C=O) groups excluding carboxylic acids is 1. The number of benzene rings is 2. The molecule has 3 aromatic rings. The molecule has 1 aromatic heterocycles. The van der Waals surface area contributed by atoms with Gasteiger partial charge < -0.3 is 24.6 Å². The number of nitrogens with zero attached hydrogens (tertiary/aromatic N) is 3. The second-order valence-corrected chi connectivity index (χ2v) is 11.5. The summed E-state index contributed by atoms with van der Waals surface area (Å²) in [5, 5.41) is 5.78. The number of nitrogens with one attached hydrogen (secondary N) is 2. The van der Waals surface area contributed by atoms with Gasteiger partial charge in [-0.1, -0.05) is 12.1 Å². The van der Waals surface area contributed by atoms with Gasteiger partial charge in [-0.05, 0) is 102 Å². The Hall–Kier alpha value is -3.56. The van der Waals surface area contributed by atoms with Gasteiger partial charge in [-0.2, -0.15) is 0 Å². The molecule has 1 aliphatic carbocycles. The zero-order valence-corrected chi connectivity index (χ0v) is 26.3. The molecule has 4 rings (SSSR count). The smallest absolute Gasteiger partial charge is 0.269 e. The molecule has 0 bridgehead atoms. The highest BCUT2D eigenvalue weighted by molar-refractivity contribution is 5.99. The van der Waals surface area contributed by atoms with E-state index < -0.39 is 0 Å². The van der Waals surface area contributed by atoms with Crippen LogP contribution in [0.5, 0.6) is 5.75 Å². The summed E-state index contributed by atoms with van der Waals surface area (Å²) >= 11 is 0. The molecule has 0 saturated heterocycles. The van der Waals surface area contributed by atoms with Crippen LogP contribution >= 0.6 is 0 Å². The van der Waals surface area contributed by atoms with E-state index in [2.05, 4.69) is 47.3 Å². The van der Waals surface area contributed by atoms with Crippen molar-refractivity contribution in [1.82, 2.24) is 20.0 Å². The fourth-order valence-corrected chi connectivity index (χ4v) is 6.04. The number of hydrogen-bond donors (Lipinski definition) is 2. The van der Waals surface area contributed by atoms with Gasteiger partial charge in [0.25, 0.3) is 11.5 Å². The SMILES string of the molecule is CCN(c1cc(-c2ccc(OCCOC)cc2)cc(C(=O)NCc2c(C)n(C)[nH]c2=O)c1C)[C@H]1CC[C@H](N(C)C)CC1. The van der Waals surface area contributed by atoms with Crippen LogP contribution in [-0.2, 0) is 18.3 Å². The van der Waals surface area contributed by atoms with Crippen LogP contribution in [0.2, 0.25) is 0 Å². The standard InChI is InChI=1S/C33H47N5O4/c1-8-38(27-13-11-26(12-14-27)36(4)5)31-20-25(24-9-15-28(16-10-24)42-18-17-41-7)19-29(22(31)2)32(39)34-21-30-23(3)37(6)35-33(30)40/h9-10,15-16,19-20,26-27H,8,11-14,17-18,21H2,1-7H3,(H,34,39)(H,35,40)/t26-,27-. The highest BCUT2D eigenvalue weighted by atomic mass is 16.5. The highest BCUT2D eigenvalue weighted by Crippen LogP contribution is 2.36. The van der Waals surface area contributed by atoms with E-state index in [-0.39, 0.29) is 18.0 Å². The van der Waals surface area contributed by atoms with E-state index in [4.69, 9.17) is 9.47 Å². The zero-order chi connectivity index (χ0) is 30.4. The van der Waals surface area contributed by atoms with E-state index >= 15 is 0 Å². The summed E-state index contributed by atoms with van der Waals surface area (Å²) in [4.78, 5) is 30.9. The maximum atomic E-state index is 13.7. The van der Waals surface area contributed by atoms with Crippen molar-refractivity contribution in [1.29, 1.82) is 0 Å². The van der Waals surface area contributed by atoms with Crippen LogP contribution in [0.1, 0.15) is 59.8 Å². The fraction of sp³-hybridized carbons (Fsp3) is 0.515. The van der Waals surface area contributed by atoms with E-state index in [9.17, 15) is 9.59 Å². The van der Waals surface area contributed by atoms with Gasteiger partial charge in [0, 0.05) is 49.7 Å². The first-order chi connectivity index (χ1) is 20.1. The zero-order valence-electron chi connectivity index (χ0n) is 26.3. The van der Waals surface area contributed by atoms with E-state index in [1.807, 2.05) is 44.2 Å². The summed E-state index contributed by atoms with van der Waals surface area (Å²) in [6.45, 7) is 8.14. The normalized spacial score (nSPS) is 17.0. The molecule has 0 unspecified atom stereocenters. The number of ether oxygens (including phenoxy) is 2. The van der Waals surface area contributed by atoms with Crippen LogP contribution in [0, 0.1) is 13.8 Å². The lowest BCUT2D eigenvalue weighted by molar-refractivity contribution is 0.0950. The van der Waals surface area contributed by atoms with Gasteiger partial charge in [0.2, 0.25) is 0 Å². The molecule has 228 valence electrons. The number of anilines is 1. The number of amides is 1. The van der Waals surface area contributed by atoms with Crippen LogP contribution in [0.4, 0.5) is 5.69 Å². The monoisotopic (exact) mass is 577 g/mol. The number of H-pyrrole nitrogens is 1. The second kappa shape index (κ2) is 14.1. The predicted molar refractivity (Wildman–Crippen MR) is 169 cm³/mol. The first kappa shape index (κ1) is 31.4. The van der Waals surface area contributed by atoms with Crippen molar-refractivity contribution in [3.63, 3.8) is 0 Å². The minimum atomic E-state index is -0.190. The average Bonchev–Trinajstić information content (AvgIpc) is 3.23. The third-order valence-electron chi connectivity index (χ3n) is 8.77. The van der Waals surface area contributed by atoms with Crippen LogP contribution in [0.15, 0.2) is 41.2 Å². The molecule has 0 spiro atoms. The Bertz CT molecular complexity index is 1400. The Labute approximate surface area is 249 Å². The van der Waals surface area contributed by atoms with Crippen LogP contribution in [-0.4, -0.2) is 73.6 Å². The van der Waals surface area contributed by atoms with Crippen molar-refractivity contribution in [3.05, 3.63) is 69.1 Å². The molecule has 42 heavy (non-hydrogen) atoms. The van der Waals surface area contributed by atoms with Crippen LogP contribution in [0.3, 0.4) is 0 Å². The van der Waals surface area contributed by atoms with Crippen molar-refractivity contribution < 1.29 is 14.3 Å². The minimum absolute atomic E-state index is 0.166. The quantitative estimate of drug-likeness (QED) is 0.305. The summed E-state index contributed by atoms with van der Waals surface area (Å²) < 4.78 is 12.5. The summed E-state index contributed by atoms with van der Waals surface area (Å²) in [6, 6.07) is 13.2. The number of methoxy groups -OCH3 is 1. The summed E-state index contributed by atoms with van der Waals surface area (Å²) in [5.74, 6) is 0.586. The molecule has 1 amide bonds. The molecule has 0 aliphatic heterocycles. The number of rotatable bonds is 12. The molecule has 1 heterocycles. The van der Waals surface area contributed by atoms with Crippen molar-refractivity contribution in [2.24, 2.45) is 7.05 Å². The van der Waals surface area contributed by atoms with Gasteiger partial charge in [-0.15, -0.1) is 0 Å². The molecule has 2 aromatic carbocycles. The minimum Gasteiger partial charge on any atom is -0.491 e. The van der Waals surface area contributed by atoms with E-state index in [1.54, 1.807) is 18.8 Å². The van der Waals surface area contributed by atoms with E-state index in [1.165, 1.54) is 0 Å². The fourth-order valence-electron chi connectivity index (χ4n) is 6.04. The third kappa shape index (κ3) is 7.07. The van der Waals surface area contributed by atoms with Gasteiger partial charge in [0.05, 0.1) is 18.7 Å². The van der Waals surface area contributed by atoms with Gasteiger partial charge in [-0.3, -0.25) is 19.4 Å². The lowest BCUT2D eigenvalue weighted by Crippen LogP contribution is -2.42. The first-order valence-electron chi connectivity index (χ1n) is 15.0. The Morgan fingerprint density at radius 1 is 1.02 bits per heavy atom. The van der Waals surface area contributed by atoms with Gasteiger partial charge in [0.15, 0.2) is 0 Å². The molecular formula is C33H47N5O4. The highest BCUT2D eigenvalue weighted by Gasteiger charge is 2.28.